The van der Waals surface area contributed by atoms with Crippen molar-refractivity contribution < 1.29 is 19.1 Å². The Bertz CT molecular complexity index is 1040. The summed E-state index contributed by atoms with van der Waals surface area (Å²) in [4.78, 5) is 39.6. The van der Waals surface area contributed by atoms with E-state index >= 15 is 0 Å². The van der Waals surface area contributed by atoms with Crippen LogP contribution in [0.5, 0.6) is 5.75 Å². The van der Waals surface area contributed by atoms with Crippen molar-refractivity contribution in [1.29, 1.82) is 0 Å². The van der Waals surface area contributed by atoms with Crippen molar-refractivity contribution in [2.75, 3.05) is 20.2 Å². The fourth-order valence-electron chi connectivity index (χ4n) is 4.55. The lowest BCUT2D eigenvalue weighted by atomic mass is 9.88. The molecule has 0 atom stereocenters. The van der Waals surface area contributed by atoms with E-state index < -0.39 is 0 Å². The molecule has 1 aliphatic carbocycles. The maximum absolute atomic E-state index is 12.8. The third kappa shape index (κ3) is 4.66. The summed E-state index contributed by atoms with van der Waals surface area (Å²) in [5, 5.41) is 4.16. The van der Waals surface area contributed by atoms with Crippen LogP contribution in [0.2, 0.25) is 0 Å². The van der Waals surface area contributed by atoms with Crippen molar-refractivity contribution >= 4 is 23.5 Å². The lowest BCUT2D eigenvalue weighted by molar-refractivity contribution is -0.132. The smallest absolute Gasteiger partial charge is 0.222 e. The maximum Gasteiger partial charge on any atom is 0.222 e. The van der Waals surface area contributed by atoms with E-state index in [0.717, 1.165) is 29.9 Å². The number of aromatic nitrogens is 2. The Kier molecular flexibility index (Phi) is 6.53. The Labute approximate surface area is 188 Å². The minimum atomic E-state index is -0.0426. The van der Waals surface area contributed by atoms with Gasteiger partial charge in [0, 0.05) is 44.5 Å². The van der Waals surface area contributed by atoms with E-state index in [4.69, 9.17) is 4.74 Å². The molecule has 0 spiro atoms. The summed E-state index contributed by atoms with van der Waals surface area (Å²) in [5.74, 6) is 1.06. The Hall–Kier alpha value is -3.22. The average molecular weight is 436 g/mol. The largest absolute Gasteiger partial charge is 0.497 e. The first kappa shape index (κ1) is 22.0. The number of hydrogen-bond acceptors (Lipinski definition) is 5. The number of piperidine rings is 1. The van der Waals surface area contributed by atoms with Crippen LogP contribution in [-0.2, 0) is 11.8 Å². The number of amides is 1. The fraction of sp³-hybridized carbons (Fsp3) is 0.440. The first-order valence-electron chi connectivity index (χ1n) is 11.2. The number of likely N-dealkylation sites (tertiary alicyclic amines) is 1. The number of benzene rings is 1. The number of aryl methyl sites for hydroxylation is 1. The van der Waals surface area contributed by atoms with Crippen molar-refractivity contribution in [2.24, 2.45) is 13.0 Å². The van der Waals surface area contributed by atoms with Crippen molar-refractivity contribution in [3.8, 4) is 5.75 Å². The number of fused-ring (bicyclic) bond motifs is 1. The van der Waals surface area contributed by atoms with Gasteiger partial charge in [-0.25, -0.2) is 0 Å². The van der Waals surface area contributed by atoms with E-state index in [1.54, 1.807) is 42.3 Å². The monoisotopic (exact) mass is 435 g/mol. The highest BCUT2D eigenvalue weighted by Crippen LogP contribution is 2.27. The van der Waals surface area contributed by atoms with Crippen molar-refractivity contribution in [1.82, 2.24) is 14.7 Å². The minimum Gasteiger partial charge on any atom is -0.497 e. The zero-order valence-electron chi connectivity index (χ0n) is 18.7. The molecule has 0 N–H and O–H groups in total. The van der Waals surface area contributed by atoms with Gasteiger partial charge in [0.1, 0.15) is 5.75 Å². The van der Waals surface area contributed by atoms with Crippen LogP contribution in [0.25, 0.3) is 6.08 Å². The van der Waals surface area contributed by atoms with Gasteiger partial charge >= 0.3 is 0 Å². The van der Waals surface area contributed by atoms with Gasteiger partial charge in [-0.1, -0.05) is 5.57 Å². The van der Waals surface area contributed by atoms with Gasteiger partial charge in [0.05, 0.1) is 24.6 Å². The topological polar surface area (TPSA) is 81.5 Å². The molecule has 7 heteroatoms. The Morgan fingerprint density at radius 3 is 2.56 bits per heavy atom. The number of carbonyl (C=O) groups is 3. The summed E-state index contributed by atoms with van der Waals surface area (Å²) in [5.41, 5.74) is 3.29. The first-order valence-corrected chi connectivity index (χ1v) is 11.2. The second-order valence-electron chi connectivity index (χ2n) is 8.57. The minimum absolute atomic E-state index is 0.0426. The molecule has 0 radical (unpaired) electrons. The van der Waals surface area contributed by atoms with E-state index in [-0.39, 0.29) is 23.4 Å². The third-order valence-electron chi connectivity index (χ3n) is 6.50. The lowest BCUT2D eigenvalue weighted by Gasteiger charge is -2.31. The Morgan fingerprint density at radius 1 is 1.16 bits per heavy atom. The molecular formula is C25H29N3O4. The van der Waals surface area contributed by atoms with Crippen molar-refractivity contribution in [2.45, 2.75) is 38.5 Å². The van der Waals surface area contributed by atoms with Gasteiger partial charge in [0.2, 0.25) is 5.91 Å². The number of hydrogen-bond donors (Lipinski definition) is 0. The average Bonchev–Trinajstić information content (AvgIpc) is 3.20. The van der Waals surface area contributed by atoms with Gasteiger partial charge in [0.15, 0.2) is 11.6 Å². The highest BCUT2D eigenvalue weighted by molar-refractivity contribution is 6.03. The second-order valence-corrected chi connectivity index (χ2v) is 8.57. The van der Waals surface area contributed by atoms with Crippen molar-refractivity contribution in [3.63, 3.8) is 0 Å². The molecule has 1 saturated heterocycles. The Balaban J connectivity index is 1.23. The highest BCUT2D eigenvalue weighted by atomic mass is 16.5. The van der Waals surface area contributed by atoms with E-state index in [1.807, 2.05) is 18.0 Å². The first-order chi connectivity index (χ1) is 15.5. The van der Waals surface area contributed by atoms with E-state index in [2.05, 4.69) is 5.10 Å². The summed E-state index contributed by atoms with van der Waals surface area (Å²) in [6.07, 6.45) is 7.36. The third-order valence-corrected chi connectivity index (χ3v) is 6.50. The van der Waals surface area contributed by atoms with Crippen LogP contribution in [-0.4, -0.2) is 52.4 Å². The lowest BCUT2D eigenvalue weighted by Crippen LogP contribution is -2.40. The van der Waals surface area contributed by atoms with Gasteiger partial charge in [-0.3, -0.25) is 19.1 Å². The van der Waals surface area contributed by atoms with Crippen LogP contribution in [0.1, 0.15) is 64.9 Å². The number of rotatable bonds is 7. The highest BCUT2D eigenvalue weighted by Gasteiger charge is 2.28. The molecule has 1 aromatic heterocycles. The van der Waals surface area contributed by atoms with Crippen LogP contribution < -0.4 is 4.74 Å². The molecular weight excluding hydrogens is 406 g/mol. The fourth-order valence-corrected chi connectivity index (χ4v) is 4.55. The number of allylic oxidation sites excluding steroid dienone is 1. The molecule has 7 nitrogen and oxygen atoms in total. The summed E-state index contributed by atoms with van der Waals surface area (Å²) < 4.78 is 6.87. The zero-order valence-corrected chi connectivity index (χ0v) is 18.7. The molecule has 1 aliphatic heterocycles. The van der Waals surface area contributed by atoms with Crippen LogP contribution in [0, 0.1) is 5.92 Å². The molecule has 1 aromatic carbocycles. The van der Waals surface area contributed by atoms with Crippen LogP contribution in [0.3, 0.4) is 0 Å². The molecule has 0 bridgehead atoms. The number of nitrogens with zero attached hydrogens (tertiary/aromatic N) is 3. The van der Waals surface area contributed by atoms with E-state index in [0.29, 0.717) is 49.9 Å². The molecule has 1 fully saturated rings. The van der Waals surface area contributed by atoms with E-state index in [9.17, 15) is 14.4 Å². The van der Waals surface area contributed by atoms with E-state index in [1.165, 1.54) is 0 Å². The predicted octanol–water partition coefficient (Wildman–Crippen LogP) is 3.69. The molecule has 2 heterocycles. The molecule has 0 unspecified atom stereocenters. The predicted molar refractivity (Wildman–Crippen MR) is 121 cm³/mol. The van der Waals surface area contributed by atoms with Gasteiger partial charge in [-0.2, -0.15) is 5.10 Å². The number of methoxy groups -OCH3 is 1. The normalized spacial score (nSPS) is 16.5. The summed E-state index contributed by atoms with van der Waals surface area (Å²) in [6.45, 7) is 1.23. The molecule has 2 aromatic rings. The second kappa shape index (κ2) is 9.51. The molecule has 2 aliphatic rings. The van der Waals surface area contributed by atoms with Crippen LogP contribution in [0.4, 0.5) is 0 Å². The molecule has 0 saturated carbocycles. The molecule has 32 heavy (non-hydrogen) atoms. The summed E-state index contributed by atoms with van der Waals surface area (Å²) >= 11 is 0. The number of ketones is 2. The number of carbonyl (C=O) groups excluding carboxylic acids is 3. The number of ether oxygens (including phenoxy) is 1. The van der Waals surface area contributed by atoms with Gasteiger partial charge in [0.25, 0.3) is 0 Å². The molecule has 168 valence electrons. The SMILES string of the molecule is COc1ccc(C(=O)C2CCN(C(=O)CCCC3=Cc4c(cnn4C)C(=O)C3)CC2)cc1. The quantitative estimate of drug-likeness (QED) is 0.620. The van der Waals surface area contributed by atoms with Gasteiger partial charge in [-0.15, -0.1) is 0 Å². The van der Waals surface area contributed by atoms with Crippen LogP contribution >= 0.6 is 0 Å². The van der Waals surface area contributed by atoms with Gasteiger partial charge < -0.3 is 9.64 Å². The van der Waals surface area contributed by atoms with Crippen molar-refractivity contribution in [3.05, 3.63) is 52.9 Å². The Morgan fingerprint density at radius 2 is 1.88 bits per heavy atom. The standard InChI is InChI=1S/C25H29N3O4/c1-27-22-14-17(15-23(29)21(22)16-26-27)4-3-5-24(30)28-12-10-19(11-13-28)25(31)18-6-8-20(32-2)9-7-18/h6-9,14,16,19H,3-5,10-13,15H2,1-2H3. The molecule has 4 rings (SSSR count). The maximum atomic E-state index is 12.8. The van der Waals surface area contributed by atoms with Crippen LogP contribution in [0.15, 0.2) is 36.0 Å². The summed E-state index contributed by atoms with van der Waals surface area (Å²) in [7, 11) is 3.43. The molecule has 1 amide bonds. The zero-order chi connectivity index (χ0) is 22.7. The summed E-state index contributed by atoms with van der Waals surface area (Å²) in [6, 6.07) is 7.21. The van der Waals surface area contributed by atoms with Gasteiger partial charge in [-0.05, 0) is 56.0 Å². The number of Topliss-reactive ketones (excluding diaryl/α,β-unsaturated/α-hetero) is 2.